The molecule has 9 aromatic rings. The third kappa shape index (κ3) is 24.5. The minimum absolute atomic E-state index is 0.0366. The van der Waals surface area contributed by atoms with Crippen molar-refractivity contribution in [1.29, 1.82) is 0 Å². The summed E-state index contributed by atoms with van der Waals surface area (Å²) in [5.41, 5.74) is 23.7. The van der Waals surface area contributed by atoms with Gasteiger partial charge in [-0.05, 0) is 122 Å². The molecule has 0 aliphatic rings. The number of phenols is 2. The van der Waals surface area contributed by atoms with Crippen LogP contribution in [0, 0.1) is 0 Å². The molecule has 0 bridgehead atoms. The molecule has 1 unspecified atom stereocenters. The average Bonchev–Trinajstić information content (AvgIpc) is 0.711. The summed E-state index contributed by atoms with van der Waals surface area (Å²) in [6.45, 7) is -1.55. The highest BCUT2D eigenvalue weighted by Gasteiger charge is 2.59. The van der Waals surface area contributed by atoms with Crippen LogP contribution in [0.15, 0.2) is 246 Å². The number of nitrogens with zero attached hydrogens (tertiary/aromatic N) is 3. The third-order valence-corrected chi connectivity index (χ3v) is 21.5. The van der Waals surface area contributed by atoms with Crippen molar-refractivity contribution in [3.63, 3.8) is 0 Å². The zero-order valence-corrected chi connectivity index (χ0v) is 69.5. The number of hydrogen-bond acceptors (Lipinski definition) is 21. The SMILES string of the molecule is C[C@@H](NC(=O)[C@@H](N)Cc1ccc(O)cc1)C(=O)NCC(=O)N(C(=O)OCc1ccccc1Br)[C@@H](Cc1ccccc1)C(=O)N(C(=O)[C@H](Cc1ccccc1)N(C(=O)CNC(=O)[C@@H](C)NC(=O)[C@@H](N)Cc1ccc(O)cc1)C(=O)OCc1ccccc1Br)C(C(=O)[C@@H](N)CCCCN)(c1ccccc1)c1ccccc1C(=O)OCc1ccccc1Cl. The van der Waals surface area contributed by atoms with Gasteiger partial charge in [-0.2, -0.15) is 0 Å². The largest absolute Gasteiger partial charge is 0.508 e. The van der Waals surface area contributed by atoms with Crippen LogP contribution in [0.3, 0.4) is 0 Å². The van der Waals surface area contributed by atoms with E-state index in [1.807, 2.05) is 0 Å². The Labute approximate surface area is 714 Å². The van der Waals surface area contributed by atoms with Crippen molar-refractivity contribution in [3.05, 3.63) is 306 Å². The molecule has 0 fully saturated rings. The van der Waals surface area contributed by atoms with Gasteiger partial charge in [-0.25, -0.2) is 24.2 Å². The van der Waals surface area contributed by atoms with Gasteiger partial charge in [0.2, 0.25) is 23.6 Å². The first-order valence-corrected chi connectivity index (χ1v) is 40.3. The first kappa shape index (κ1) is 91.6. The molecule has 0 aliphatic carbocycles. The van der Waals surface area contributed by atoms with Gasteiger partial charge in [-0.1, -0.05) is 238 Å². The van der Waals surface area contributed by atoms with Crippen molar-refractivity contribution in [2.24, 2.45) is 22.9 Å². The average molecular weight is 1780 g/mol. The molecule has 0 aromatic heterocycles. The van der Waals surface area contributed by atoms with E-state index in [9.17, 15) is 29.4 Å². The van der Waals surface area contributed by atoms with Crippen LogP contribution in [0.4, 0.5) is 9.59 Å². The standard InChI is InChI=1S/C89H92Br2ClN11O17/c1-55(99-82(111)73(95)46-59-37-41-65(104)42-38-59)80(109)97-50-77(106)101(87(116)119-52-61-26-12-17-33-69(61)90)75(48-57-22-6-3-7-23-57)84(113)103(89(64-29-10-5-11-30-64,79(108)72(94)36-20-21-45-93)68-32-16-15-31-67(68)86(115)118-54-63-28-14-19-35-71(63)92)85(114)76(49-58-24-8-4-9-25-58)102(88(117)120-53-62-27-13-18-34-70(62)91)78(107)51-98-81(110)56(2)100-83(112)74(96)47-60-39-43-66(105)44-40-60/h3-19,22-35,37-44,55-56,72-76,104-105H,20-21,36,45-54,93-96H2,1-2H3,(H,97,109)(H,98,110)(H,99,111)(H,100,112)/t55-,56-,72+,73+,74+,75+,76+,89?/m1/s1. The number of nitrogens with one attached hydrogen (secondary N) is 4. The summed E-state index contributed by atoms with van der Waals surface area (Å²) in [4.78, 5) is 191. The van der Waals surface area contributed by atoms with Crippen LogP contribution < -0.4 is 44.2 Å². The predicted molar refractivity (Wildman–Crippen MR) is 453 cm³/mol. The van der Waals surface area contributed by atoms with Crippen LogP contribution in [0.1, 0.15) is 93.5 Å². The molecule has 10 amide bonds. The van der Waals surface area contributed by atoms with E-state index < -0.39 is 176 Å². The monoisotopic (exact) mass is 1780 g/mol. The number of Topliss-reactive ketones (excluding diaryl/α,β-unsaturated/α-hetero) is 1. The Morgan fingerprint density at radius 3 is 1.26 bits per heavy atom. The normalized spacial score (nSPS) is 13.3. The molecule has 9 rings (SSSR count). The molecule has 31 heteroatoms. The van der Waals surface area contributed by atoms with E-state index >= 15 is 38.4 Å². The smallest absolute Gasteiger partial charge is 0.417 e. The molecule has 120 heavy (non-hydrogen) atoms. The Morgan fingerprint density at radius 2 is 0.825 bits per heavy atom. The zero-order valence-electron chi connectivity index (χ0n) is 65.6. The maximum absolute atomic E-state index is 18.3. The van der Waals surface area contributed by atoms with Gasteiger partial charge in [0.1, 0.15) is 55.5 Å². The number of amides is 10. The molecule has 9 aromatic carbocycles. The molecular weight excluding hydrogens is 1690 g/mol. The van der Waals surface area contributed by atoms with E-state index in [4.69, 9.17) is 48.7 Å². The number of benzene rings is 9. The lowest BCUT2D eigenvalue weighted by atomic mass is 9.72. The summed E-state index contributed by atoms with van der Waals surface area (Å²) in [7, 11) is 0. The van der Waals surface area contributed by atoms with Gasteiger partial charge in [-0.15, -0.1) is 0 Å². The lowest BCUT2D eigenvalue weighted by molar-refractivity contribution is -0.165. The summed E-state index contributed by atoms with van der Waals surface area (Å²) in [6.07, 6.45) is -4.82. The molecule has 0 saturated heterocycles. The number of unbranched alkanes of at least 4 members (excludes halogenated alkanes) is 1. The van der Waals surface area contributed by atoms with E-state index in [0.29, 0.717) is 51.5 Å². The second-order valence-corrected chi connectivity index (χ2v) is 30.3. The van der Waals surface area contributed by atoms with Crippen molar-refractivity contribution in [2.75, 3.05) is 19.6 Å². The van der Waals surface area contributed by atoms with Crippen molar-refractivity contribution in [2.45, 2.75) is 126 Å². The van der Waals surface area contributed by atoms with Gasteiger partial charge >= 0.3 is 18.2 Å². The van der Waals surface area contributed by atoms with E-state index in [2.05, 4.69) is 53.1 Å². The fourth-order valence-electron chi connectivity index (χ4n) is 13.2. The first-order valence-electron chi connectivity index (χ1n) is 38.3. The van der Waals surface area contributed by atoms with Crippen molar-refractivity contribution >= 4 is 115 Å². The van der Waals surface area contributed by atoms with E-state index in [-0.39, 0.29) is 71.9 Å². The highest BCUT2D eigenvalue weighted by Crippen LogP contribution is 2.44. The summed E-state index contributed by atoms with van der Waals surface area (Å²) < 4.78 is 19.0. The minimum atomic E-state index is -3.27. The molecule has 0 heterocycles. The number of imide groups is 3. The molecular formula is C89H92Br2ClN11O17. The Kier molecular flexibility index (Phi) is 34.0. The lowest BCUT2D eigenvalue weighted by Gasteiger charge is -2.47. The van der Waals surface area contributed by atoms with Gasteiger partial charge in [0, 0.05) is 49.1 Å². The van der Waals surface area contributed by atoms with Gasteiger partial charge in [0.05, 0.1) is 36.8 Å². The fraction of sp³-hybridized carbons (Fsp3) is 0.258. The van der Waals surface area contributed by atoms with Crippen LogP contribution >= 0.6 is 43.5 Å². The number of esters is 1. The quantitative estimate of drug-likeness (QED) is 0.00978. The topological polar surface area (TPSA) is 435 Å². The van der Waals surface area contributed by atoms with Crippen molar-refractivity contribution < 1.29 is 82.0 Å². The van der Waals surface area contributed by atoms with E-state index in [0.717, 1.165) is 0 Å². The summed E-state index contributed by atoms with van der Waals surface area (Å²) in [5.74, 6) is -12.4. The third-order valence-electron chi connectivity index (χ3n) is 19.6. The molecule has 0 spiro atoms. The van der Waals surface area contributed by atoms with Crippen molar-refractivity contribution in [3.8, 4) is 11.5 Å². The number of ether oxygens (including phenoxy) is 3. The number of hydrogen-bond donors (Lipinski definition) is 10. The number of nitrogens with two attached hydrogens (primary N) is 4. The number of halogens is 3. The Balaban J connectivity index is 1.31. The second-order valence-electron chi connectivity index (χ2n) is 28.1. The fourth-order valence-corrected chi connectivity index (χ4v) is 14.2. The van der Waals surface area contributed by atoms with Gasteiger partial charge < -0.3 is 68.6 Å². The number of rotatable bonds is 38. The van der Waals surface area contributed by atoms with E-state index in [1.165, 1.54) is 117 Å². The molecule has 0 aliphatic heterocycles. The van der Waals surface area contributed by atoms with Gasteiger partial charge in [0.25, 0.3) is 23.6 Å². The number of aromatic hydroxyl groups is 2. The van der Waals surface area contributed by atoms with Gasteiger partial charge in [0.15, 0.2) is 11.3 Å². The summed E-state index contributed by atoms with van der Waals surface area (Å²) in [5, 5.41) is 29.9. The maximum atomic E-state index is 18.3. The lowest BCUT2D eigenvalue weighted by Crippen LogP contribution is -2.69. The number of phenolic OH excluding ortho intramolecular Hbond substituents is 2. The Hall–Kier alpha value is -12.3. The molecule has 0 saturated carbocycles. The van der Waals surface area contributed by atoms with Crippen LogP contribution in [0.25, 0.3) is 0 Å². The first-order chi connectivity index (χ1) is 57.6. The molecule has 8 atom stereocenters. The predicted octanol–water partition coefficient (Wildman–Crippen LogP) is 9.19. The van der Waals surface area contributed by atoms with E-state index in [1.54, 1.807) is 133 Å². The number of carbonyl (C=O) groups excluding carboxylic acids is 12. The van der Waals surface area contributed by atoms with Crippen LogP contribution in [0.5, 0.6) is 11.5 Å². The molecule has 626 valence electrons. The molecule has 0 radical (unpaired) electrons. The summed E-state index contributed by atoms with van der Waals surface area (Å²) in [6, 6.07) is 46.6. The number of carbonyl (C=O) groups is 12. The highest BCUT2D eigenvalue weighted by molar-refractivity contribution is 9.10. The van der Waals surface area contributed by atoms with Crippen LogP contribution in [0.2, 0.25) is 5.02 Å². The second kappa shape index (κ2) is 44.5. The molecule has 14 N–H and O–H groups in total. The maximum Gasteiger partial charge on any atom is 0.417 e. The van der Waals surface area contributed by atoms with Gasteiger partial charge in [-0.3, -0.25) is 48.1 Å². The Bertz CT molecular complexity index is 4880. The molecule has 28 nitrogen and oxygen atoms in total. The Morgan fingerprint density at radius 1 is 0.442 bits per heavy atom. The highest BCUT2D eigenvalue weighted by atomic mass is 79.9. The van der Waals surface area contributed by atoms with Crippen molar-refractivity contribution in [1.82, 2.24) is 36.0 Å². The van der Waals surface area contributed by atoms with Crippen LogP contribution in [-0.2, 0) is 108 Å². The minimum Gasteiger partial charge on any atom is -0.508 e. The van der Waals surface area contributed by atoms with Crippen LogP contribution in [-0.4, -0.2) is 158 Å². The zero-order chi connectivity index (χ0) is 86.6. The number of ketones is 1. The summed E-state index contributed by atoms with van der Waals surface area (Å²) >= 11 is 13.6.